The average Bonchev–Trinajstić information content (AvgIpc) is 2.90. The van der Waals surface area contributed by atoms with Crippen molar-refractivity contribution in [1.82, 2.24) is 9.36 Å². The smallest absolute Gasteiger partial charge is 0.283 e. The van der Waals surface area contributed by atoms with E-state index in [-0.39, 0.29) is 10.6 Å². The maximum atomic E-state index is 12.9. The van der Waals surface area contributed by atoms with Crippen LogP contribution in [0.2, 0.25) is 0 Å². The highest BCUT2D eigenvalue weighted by Gasteiger charge is 2.22. The molecule has 0 aliphatic carbocycles. The van der Waals surface area contributed by atoms with Crippen molar-refractivity contribution in [2.24, 2.45) is 7.05 Å². The zero-order chi connectivity index (χ0) is 20.3. The van der Waals surface area contributed by atoms with Crippen molar-refractivity contribution in [1.29, 1.82) is 0 Å². The van der Waals surface area contributed by atoms with Gasteiger partial charge in [0.05, 0.1) is 16.3 Å². The highest BCUT2D eigenvalue weighted by molar-refractivity contribution is 7.92. The number of aromatic nitrogens is 2. The topological polar surface area (TPSA) is 73.1 Å². The minimum atomic E-state index is -3.86. The lowest BCUT2D eigenvalue weighted by molar-refractivity contribution is 0.601. The van der Waals surface area contributed by atoms with Gasteiger partial charge in [-0.15, -0.1) is 0 Å². The summed E-state index contributed by atoms with van der Waals surface area (Å²) < 4.78 is 31.2. The molecule has 0 saturated carbocycles. The predicted molar refractivity (Wildman–Crippen MR) is 112 cm³/mol. The number of para-hydroxylation sites is 1. The van der Waals surface area contributed by atoms with Crippen LogP contribution in [0.1, 0.15) is 31.0 Å². The van der Waals surface area contributed by atoms with Crippen LogP contribution < -0.4 is 10.3 Å². The molecule has 3 aromatic rings. The molecular formula is C21H25N3O3S. The van der Waals surface area contributed by atoms with Crippen LogP contribution in [-0.2, 0) is 23.5 Å². The van der Waals surface area contributed by atoms with E-state index in [1.807, 2.05) is 30.3 Å². The number of nitrogens with one attached hydrogen (secondary N) is 1. The highest BCUT2D eigenvalue weighted by Crippen LogP contribution is 2.19. The van der Waals surface area contributed by atoms with Gasteiger partial charge in [-0.1, -0.05) is 43.7 Å². The van der Waals surface area contributed by atoms with Crippen molar-refractivity contribution in [2.75, 3.05) is 4.72 Å². The summed E-state index contributed by atoms with van der Waals surface area (Å²) in [6.45, 7) is 3.83. The first-order chi connectivity index (χ1) is 13.3. The van der Waals surface area contributed by atoms with Crippen LogP contribution in [0.4, 0.5) is 5.69 Å². The van der Waals surface area contributed by atoms with Crippen LogP contribution in [-0.4, -0.2) is 17.8 Å². The molecule has 2 aromatic carbocycles. The molecular weight excluding hydrogens is 374 g/mol. The van der Waals surface area contributed by atoms with E-state index in [9.17, 15) is 13.2 Å². The third kappa shape index (κ3) is 3.89. The Balaban J connectivity index is 1.94. The maximum Gasteiger partial charge on any atom is 0.296 e. The van der Waals surface area contributed by atoms with Gasteiger partial charge in [0, 0.05) is 7.05 Å². The number of hydrogen-bond donors (Lipinski definition) is 1. The SMILES string of the molecule is CCCCc1ccc(S(=O)(=O)Nc2c(C)n(C)n(-c3ccccc3)c2=O)cc1. The molecule has 0 bridgehead atoms. The van der Waals surface area contributed by atoms with Gasteiger partial charge in [-0.2, -0.15) is 0 Å². The van der Waals surface area contributed by atoms with Crippen LogP contribution in [0.5, 0.6) is 0 Å². The number of nitrogens with zero attached hydrogens (tertiary/aromatic N) is 2. The van der Waals surface area contributed by atoms with Crippen LogP contribution in [0.25, 0.3) is 5.69 Å². The third-order valence-corrected chi connectivity index (χ3v) is 6.21. The number of anilines is 1. The largest absolute Gasteiger partial charge is 0.296 e. The summed E-state index contributed by atoms with van der Waals surface area (Å²) in [6, 6.07) is 15.9. The molecule has 3 rings (SSSR count). The van der Waals surface area contributed by atoms with Crippen LogP contribution >= 0.6 is 0 Å². The molecule has 0 spiro atoms. The lowest BCUT2D eigenvalue weighted by Gasteiger charge is -2.08. The van der Waals surface area contributed by atoms with Gasteiger partial charge in [-0.05, 0) is 49.6 Å². The van der Waals surface area contributed by atoms with Crippen LogP contribution in [0.15, 0.2) is 64.3 Å². The van der Waals surface area contributed by atoms with Gasteiger partial charge in [-0.3, -0.25) is 14.2 Å². The number of benzene rings is 2. The molecule has 7 heteroatoms. The quantitative estimate of drug-likeness (QED) is 0.659. The van der Waals surface area contributed by atoms with E-state index >= 15 is 0 Å². The first-order valence-electron chi connectivity index (χ1n) is 9.31. The standard InChI is InChI=1S/C21H25N3O3S/c1-4-5-9-17-12-14-19(15-13-17)28(26,27)22-20-16(2)23(3)24(21(20)25)18-10-7-6-8-11-18/h6-8,10-15,22H,4-5,9H2,1-3H3. The van der Waals surface area contributed by atoms with Crippen molar-refractivity contribution >= 4 is 15.7 Å². The number of sulfonamides is 1. The molecule has 0 unspecified atom stereocenters. The van der Waals surface area contributed by atoms with E-state index in [1.54, 1.807) is 42.9 Å². The Bertz CT molecular complexity index is 1110. The molecule has 0 atom stereocenters. The Kier molecular flexibility index (Phi) is 5.74. The summed E-state index contributed by atoms with van der Waals surface area (Å²) in [4.78, 5) is 13.0. The number of aryl methyl sites for hydroxylation is 1. The highest BCUT2D eigenvalue weighted by atomic mass is 32.2. The fourth-order valence-electron chi connectivity index (χ4n) is 3.10. The first-order valence-corrected chi connectivity index (χ1v) is 10.8. The van der Waals surface area contributed by atoms with E-state index in [4.69, 9.17) is 0 Å². The molecule has 0 amide bonds. The number of hydrogen-bond acceptors (Lipinski definition) is 3. The molecule has 1 heterocycles. The molecule has 28 heavy (non-hydrogen) atoms. The molecule has 0 fully saturated rings. The van der Waals surface area contributed by atoms with E-state index in [1.165, 1.54) is 4.68 Å². The fourth-order valence-corrected chi connectivity index (χ4v) is 4.21. The molecule has 148 valence electrons. The lowest BCUT2D eigenvalue weighted by atomic mass is 10.1. The zero-order valence-electron chi connectivity index (χ0n) is 16.3. The summed E-state index contributed by atoms with van der Waals surface area (Å²) in [7, 11) is -2.13. The Morgan fingerprint density at radius 1 is 1.00 bits per heavy atom. The van der Waals surface area contributed by atoms with Crippen LogP contribution in [0, 0.1) is 6.92 Å². The van der Waals surface area contributed by atoms with Gasteiger partial charge in [0.2, 0.25) is 0 Å². The van der Waals surface area contributed by atoms with Gasteiger partial charge in [0.1, 0.15) is 5.69 Å². The first kappa shape index (κ1) is 19.9. The van der Waals surface area contributed by atoms with E-state index in [0.717, 1.165) is 24.8 Å². The third-order valence-electron chi connectivity index (χ3n) is 4.84. The summed E-state index contributed by atoms with van der Waals surface area (Å²) in [6.07, 6.45) is 3.07. The monoisotopic (exact) mass is 399 g/mol. The summed E-state index contributed by atoms with van der Waals surface area (Å²) in [5.41, 5.74) is 1.96. The Labute approximate surface area is 165 Å². The molecule has 1 aromatic heterocycles. The van der Waals surface area contributed by atoms with Gasteiger partial charge < -0.3 is 0 Å². The molecule has 0 aliphatic rings. The van der Waals surface area contributed by atoms with Crippen molar-refractivity contribution in [3.05, 3.63) is 76.2 Å². The average molecular weight is 400 g/mol. The Morgan fingerprint density at radius 2 is 1.64 bits per heavy atom. The second-order valence-corrected chi connectivity index (χ2v) is 8.47. The molecule has 0 saturated heterocycles. The minimum Gasteiger partial charge on any atom is -0.283 e. The minimum absolute atomic E-state index is 0.0569. The van der Waals surface area contributed by atoms with Crippen molar-refractivity contribution in [3.8, 4) is 5.69 Å². The zero-order valence-corrected chi connectivity index (χ0v) is 17.2. The number of rotatable bonds is 7. The summed E-state index contributed by atoms with van der Waals surface area (Å²) in [5, 5.41) is 0. The van der Waals surface area contributed by atoms with Crippen molar-refractivity contribution in [3.63, 3.8) is 0 Å². The summed E-state index contributed by atoms with van der Waals surface area (Å²) in [5.74, 6) is 0. The Morgan fingerprint density at radius 3 is 2.25 bits per heavy atom. The number of unbranched alkanes of at least 4 members (excludes halogenated alkanes) is 1. The molecule has 1 N–H and O–H groups in total. The van der Waals surface area contributed by atoms with Crippen LogP contribution in [0.3, 0.4) is 0 Å². The molecule has 0 radical (unpaired) electrons. The summed E-state index contributed by atoms with van der Waals surface area (Å²) >= 11 is 0. The second kappa shape index (κ2) is 8.06. The van der Waals surface area contributed by atoms with Crippen molar-refractivity contribution in [2.45, 2.75) is 38.0 Å². The van der Waals surface area contributed by atoms with E-state index in [2.05, 4.69) is 11.6 Å². The maximum absolute atomic E-state index is 12.9. The van der Waals surface area contributed by atoms with E-state index in [0.29, 0.717) is 11.4 Å². The van der Waals surface area contributed by atoms with Gasteiger partial charge in [-0.25, -0.2) is 13.1 Å². The lowest BCUT2D eigenvalue weighted by Crippen LogP contribution is -2.23. The van der Waals surface area contributed by atoms with Gasteiger partial charge in [0.15, 0.2) is 0 Å². The van der Waals surface area contributed by atoms with E-state index < -0.39 is 15.6 Å². The fraction of sp³-hybridized carbons (Fsp3) is 0.286. The molecule has 6 nitrogen and oxygen atoms in total. The van der Waals surface area contributed by atoms with Gasteiger partial charge in [0.25, 0.3) is 15.6 Å². The normalized spacial score (nSPS) is 11.5. The predicted octanol–water partition coefficient (Wildman–Crippen LogP) is 3.63. The second-order valence-electron chi connectivity index (χ2n) is 6.79. The van der Waals surface area contributed by atoms with Crippen molar-refractivity contribution < 1.29 is 8.42 Å². The van der Waals surface area contributed by atoms with Gasteiger partial charge >= 0.3 is 0 Å². The molecule has 0 aliphatic heterocycles. The Hall–Kier alpha value is -2.80.